The molecule has 0 fully saturated rings. The molecule has 0 saturated carbocycles. The molecule has 0 unspecified atom stereocenters. The number of amides is 3. The molecule has 0 spiro atoms. The molecule has 8 nitrogen and oxygen atoms in total. The van der Waals surface area contributed by atoms with Gasteiger partial charge in [-0.2, -0.15) is 10.1 Å². The Labute approximate surface area is 179 Å². The Balaban J connectivity index is 1.58. The Morgan fingerprint density at radius 2 is 1.77 bits per heavy atom. The first-order valence-electron chi connectivity index (χ1n) is 9.85. The summed E-state index contributed by atoms with van der Waals surface area (Å²) in [5.74, 6) is -2.25. The minimum absolute atomic E-state index is 0.0418. The summed E-state index contributed by atoms with van der Waals surface area (Å²) < 4.78 is 5.00. The SMILES string of the molecule is Cc1ccc(C)c(N2N=C(C(=O)OCC(=O)NC(=O)Cc3ccccc3)CCC2=O)c1. The van der Waals surface area contributed by atoms with E-state index in [-0.39, 0.29) is 30.9 Å². The van der Waals surface area contributed by atoms with E-state index in [0.717, 1.165) is 16.7 Å². The zero-order valence-corrected chi connectivity index (χ0v) is 17.4. The van der Waals surface area contributed by atoms with Crippen molar-refractivity contribution in [1.82, 2.24) is 5.32 Å². The zero-order chi connectivity index (χ0) is 22.4. The fourth-order valence-electron chi connectivity index (χ4n) is 3.07. The number of hydrogen-bond acceptors (Lipinski definition) is 6. The van der Waals surface area contributed by atoms with Gasteiger partial charge in [0.15, 0.2) is 6.61 Å². The Bertz CT molecular complexity index is 1050. The number of esters is 1. The van der Waals surface area contributed by atoms with Gasteiger partial charge in [-0.1, -0.05) is 42.5 Å². The van der Waals surface area contributed by atoms with Gasteiger partial charge in [0, 0.05) is 12.8 Å². The molecule has 0 bridgehead atoms. The van der Waals surface area contributed by atoms with Crippen LogP contribution in [-0.4, -0.2) is 36.0 Å². The van der Waals surface area contributed by atoms with Crippen LogP contribution in [-0.2, 0) is 30.3 Å². The van der Waals surface area contributed by atoms with Crippen molar-refractivity contribution in [1.29, 1.82) is 0 Å². The molecule has 3 amide bonds. The lowest BCUT2D eigenvalue weighted by Crippen LogP contribution is -2.38. The Hall–Kier alpha value is -3.81. The van der Waals surface area contributed by atoms with Gasteiger partial charge in [0.2, 0.25) is 11.8 Å². The first kappa shape index (κ1) is 21.9. The van der Waals surface area contributed by atoms with E-state index in [1.165, 1.54) is 5.01 Å². The van der Waals surface area contributed by atoms with Crippen LogP contribution in [0, 0.1) is 13.8 Å². The van der Waals surface area contributed by atoms with Crippen LogP contribution in [0.4, 0.5) is 5.69 Å². The highest BCUT2D eigenvalue weighted by molar-refractivity contribution is 6.38. The van der Waals surface area contributed by atoms with Gasteiger partial charge < -0.3 is 4.74 Å². The van der Waals surface area contributed by atoms with Crippen molar-refractivity contribution in [2.24, 2.45) is 5.10 Å². The molecule has 1 N–H and O–H groups in total. The number of carbonyl (C=O) groups is 4. The van der Waals surface area contributed by atoms with E-state index >= 15 is 0 Å². The predicted octanol–water partition coefficient (Wildman–Crippen LogP) is 2.21. The van der Waals surface area contributed by atoms with Gasteiger partial charge in [-0.05, 0) is 36.6 Å². The van der Waals surface area contributed by atoms with Gasteiger partial charge in [-0.15, -0.1) is 0 Å². The molecule has 0 radical (unpaired) electrons. The summed E-state index contributed by atoms with van der Waals surface area (Å²) in [7, 11) is 0. The highest BCUT2D eigenvalue weighted by Crippen LogP contribution is 2.25. The lowest BCUT2D eigenvalue weighted by atomic mass is 10.1. The van der Waals surface area contributed by atoms with Crippen molar-refractivity contribution in [3.63, 3.8) is 0 Å². The van der Waals surface area contributed by atoms with Crippen LogP contribution in [0.1, 0.15) is 29.5 Å². The predicted molar refractivity (Wildman–Crippen MR) is 114 cm³/mol. The molecule has 1 aliphatic heterocycles. The standard InChI is InChI=1S/C23H23N3O5/c1-15-8-9-16(2)19(12-15)26-22(29)11-10-18(25-26)23(30)31-14-21(28)24-20(27)13-17-6-4-3-5-7-17/h3-9,12H,10-11,13-14H2,1-2H3,(H,24,27,28). The third-order valence-electron chi connectivity index (χ3n) is 4.68. The van der Waals surface area contributed by atoms with Gasteiger partial charge in [0.05, 0.1) is 12.1 Å². The number of hydrogen-bond donors (Lipinski definition) is 1. The van der Waals surface area contributed by atoms with Crippen LogP contribution in [0.2, 0.25) is 0 Å². The van der Waals surface area contributed by atoms with Crippen molar-refractivity contribution in [2.45, 2.75) is 33.1 Å². The molecule has 1 heterocycles. The molecule has 0 aromatic heterocycles. The summed E-state index contributed by atoms with van der Waals surface area (Å²) in [6, 6.07) is 14.6. The lowest BCUT2D eigenvalue weighted by molar-refractivity contribution is -0.144. The second-order valence-electron chi connectivity index (χ2n) is 7.25. The zero-order valence-electron chi connectivity index (χ0n) is 17.4. The third-order valence-corrected chi connectivity index (χ3v) is 4.68. The van der Waals surface area contributed by atoms with E-state index in [0.29, 0.717) is 5.69 Å². The average molecular weight is 421 g/mol. The quantitative estimate of drug-likeness (QED) is 0.720. The minimum Gasteiger partial charge on any atom is -0.451 e. The van der Waals surface area contributed by atoms with Gasteiger partial charge in [-0.3, -0.25) is 19.7 Å². The molecule has 2 aromatic rings. The smallest absolute Gasteiger partial charge is 0.355 e. The number of imide groups is 1. The van der Waals surface area contributed by atoms with Gasteiger partial charge in [-0.25, -0.2) is 4.79 Å². The number of anilines is 1. The number of aryl methyl sites for hydroxylation is 2. The van der Waals surface area contributed by atoms with Crippen molar-refractivity contribution in [3.8, 4) is 0 Å². The van der Waals surface area contributed by atoms with Crippen molar-refractivity contribution in [2.75, 3.05) is 11.6 Å². The number of carbonyl (C=O) groups excluding carboxylic acids is 4. The molecule has 1 aliphatic rings. The topological polar surface area (TPSA) is 105 Å². The van der Waals surface area contributed by atoms with Crippen LogP contribution in [0.5, 0.6) is 0 Å². The number of rotatable bonds is 6. The largest absolute Gasteiger partial charge is 0.451 e. The maximum atomic E-state index is 12.4. The van der Waals surface area contributed by atoms with Crippen LogP contribution in [0.15, 0.2) is 53.6 Å². The van der Waals surface area contributed by atoms with E-state index < -0.39 is 24.4 Å². The molecule has 0 aliphatic carbocycles. The Morgan fingerprint density at radius 1 is 1.03 bits per heavy atom. The van der Waals surface area contributed by atoms with Gasteiger partial charge in [0.1, 0.15) is 5.71 Å². The van der Waals surface area contributed by atoms with Crippen molar-refractivity contribution in [3.05, 3.63) is 65.2 Å². The summed E-state index contributed by atoms with van der Waals surface area (Å²) in [5.41, 5.74) is 3.20. The molecule has 3 rings (SSSR count). The van der Waals surface area contributed by atoms with Gasteiger partial charge >= 0.3 is 5.97 Å². The first-order valence-corrected chi connectivity index (χ1v) is 9.85. The summed E-state index contributed by atoms with van der Waals surface area (Å²) >= 11 is 0. The monoisotopic (exact) mass is 421 g/mol. The highest BCUT2D eigenvalue weighted by Gasteiger charge is 2.27. The fourth-order valence-corrected chi connectivity index (χ4v) is 3.07. The molecule has 0 saturated heterocycles. The number of nitrogens with zero attached hydrogens (tertiary/aromatic N) is 2. The van der Waals surface area contributed by atoms with Crippen LogP contribution < -0.4 is 10.3 Å². The van der Waals surface area contributed by atoms with E-state index in [1.807, 2.05) is 38.1 Å². The average Bonchev–Trinajstić information content (AvgIpc) is 2.75. The molecule has 0 atom stereocenters. The summed E-state index contributed by atoms with van der Waals surface area (Å²) in [4.78, 5) is 48.5. The molecular weight excluding hydrogens is 398 g/mol. The van der Waals surface area contributed by atoms with Gasteiger partial charge in [0.25, 0.3) is 5.91 Å². The molecular formula is C23H23N3O5. The van der Waals surface area contributed by atoms with Crippen molar-refractivity contribution < 1.29 is 23.9 Å². The second-order valence-corrected chi connectivity index (χ2v) is 7.25. The highest BCUT2D eigenvalue weighted by atomic mass is 16.5. The maximum Gasteiger partial charge on any atom is 0.355 e. The molecule has 8 heteroatoms. The minimum atomic E-state index is -0.798. The fraction of sp³-hybridized carbons (Fsp3) is 0.261. The molecule has 160 valence electrons. The number of ether oxygens (including phenoxy) is 1. The van der Waals surface area contributed by atoms with Crippen LogP contribution in [0.3, 0.4) is 0 Å². The van der Waals surface area contributed by atoms with Crippen molar-refractivity contribution >= 4 is 35.1 Å². The lowest BCUT2D eigenvalue weighted by Gasteiger charge is -2.24. The summed E-state index contributed by atoms with van der Waals surface area (Å²) in [6.45, 7) is 3.13. The summed E-state index contributed by atoms with van der Waals surface area (Å²) in [6.07, 6.45) is 0.261. The molecule has 2 aromatic carbocycles. The normalized spacial score (nSPS) is 13.4. The Morgan fingerprint density at radius 3 is 2.52 bits per heavy atom. The first-order chi connectivity index (χ1) is 14.8. The number of benzene rings is 2. The third kappa shape index (κ3) is 5.85. The Kier molecular flexibility index (Phi) is 6.92. The van der Waals surface area contributed by atoms with Crippen LogP contribution in [0.25, 0.3) is 0 Å². The van der Waals surface area contributed by atoms with E-state index in [2.05, 4.69) is 10.4 Å². The molecule has 31 heavy (non-hydrogen) atoms. The number of nitrogens with one attached hydrogen (secondary N) is 1. The second kappa shape index (κ2) is 9.80. The number of hydrazone groups is 1. The maximum absolute atomic E-state index is 12.4. The van der Waals surface area contributed by atoms with E-state index in [9.17, 15) is 19.2 Å². The van der Waals surface area contributed by atoms with Crippen LogP contribution >= 0.6 is 0 Å². The van der Waals surface area contributed by atoms with E-state index in [4.69, 9.17) is 4.74 Å². The van der Waals surface area contributed by atoms with E-state index in [1.54, 1.807) is 24.3 Å². The summed E-state index contributed by atoms with van der Waals surface area (Å²) in [5, 5.41) is 7.54.